The largest absolute Gasteiger partial charge is 0.309 e. The van der Waals surface area contributed by atoms with E-state index in [9.17, 15) is 5.48 Å². The molecule has 0 N–H and O–H groups in total. The highest BCUT2D eigenvalue weighted by atomic mass is 15.1. The first-order valence-corrected chi connectivity index (χ1v) is 18.2. The van der Waals surface area contributed by atoms with Gasteiger partial charge >= 0.3 is 0 Å². The molecule has 0 amide bonds. The molecule has 0 aliphatic carbocycles. The van der Waals surface area contributed by atoms with Crippen LogP contribution in [0.15, 0.2) is 218 Å². The topological polar surface area (TPSA) is 8.17 Å². The number of anilines is 3. The van der Waals surface area contributed by atoms with Crippen LogP contribution in [0.4, 0.5) is 17.1 Å². The summed E-state index contributed by atoms with van der Waals surface area (Å²) in [4.78, 5) is 1.96. The van der Waals surface area contributed by atoms with Crippen LogP contribution in [0.25, 0.3) is 71.6 Å². The van der Waals surface area contributed by atoms with Crippen LogP contribution in [0, 0.1) is 0 Å². The number of hydrogen-bond acceptors (Lipinski definition) is 1. The molecule has 0 fully saturated rings. The molecule has 0 aliphatic heterocycles. The van der Waals surface area contributed by atoms with E-state index in [1.54, 1.807) is 0 Å². The van der Waals surface area contributed by atoms with E-state index in [1.807, 2.05) is 89.8 Å². The summed E-state index contributed by atoms with van der Waals surface area (Å²) in [5.41, 5.74) is 9.53. The lowest BCUT2D eigenvalue weighted by molar-refractivity contribution is 1.18. The van der Waals surface area contributed by atoms with Crippen LogP contribution >= 0.6 is 0 Å². The Bertz CT molecular complexity index is 3140. The molecular formula is C52H36N2. The fourth-order valence-electron chi connectivity index (χ4n) is 7.89. The van der Waals surface area contributed by atoms with Crippen LogP contribution in [0.1, 0.15) is 5.48 Å². The molecule has 54 heavy (non-hydrogen) atoms. The van der Waals surface area contributed by atoms with Crippen LogP contribution in [0.2, 0.25) is 0 Å². The van der Waals surface area contributed by atoms with Crippen molar-refractivity contribution in [3.05, 3.63) is 218 Å². The number of hydrogen-bond donors (Lipinski definition) is 0. The summed E-state index contributed by atoms with van der Waals surface area (Å²) in [5.74, 6) is 0. The van der Waals surface area contributed by atoms with Crippen molar-refractivity contribution in [3.8, 4) is 39.1 Å². The Hall–Kier alpha value is -7.16. The second-order valence-electron chi connectivity index (χ2n) is 13.4. The van der Waals surface area contributed by atoms with Crippen molar-refractivity contribution in [1.29, 1.82) is 0 Å². The SMILES string of the molecule is [2H]c1c([2H])c(N(c2ccccc2-c2cccc3ccccc23)c2ccccc2-c2cccc3c2c2ccccc2n3-c2ccccc2)c([2H])c([2H])c1-c1ccccc1. The number of fused-ring (bicyclic) bond motifs is 4. The zero-order valence-electron chi connectivity index (χ0n) is 33.4. The molecule has 10 rings (SSSR count). The van der Waals surface area contributed by atoms with Gasteiger partial charge in [-0.3, -0.25) is 0 Å². The van der Waals surface area contributed by atoms with Crippen LogP contribution < -0.4 is 4.90 Å². The zero-order valence-corrected chi connectivity index (χ0v) is 29.4. The van der Waals surface area contributed by atoms with Gasteiger partial charge in [-0.15, -0.1) is 0 Å². The Morgan fingerprint density at radius 2 is 0.889 bits per heavy atom. The molecule has 0 radical (unpaired) electrons. The van der Waals surface area contributed by atoms with Gasteiger partial charge in [0.2, 0.25) is 0 Å². The van der Waals surface area contributed by atoms with Crippen LogP contribution in [-0.4, -0.2) is 4.57 Å². The minimum absolute atomic E-state index is 0.0969. The van der Waals surface area contributed by atoms with Gasteiger partial charge in [0.05, 0.1) is 27.9 Å². The predicted molar refractivity (Wildman–Crippen MR) is 229 cm³/mol. The maximum atomic E-state index is 9.74. The summed E-state index contributed by atoms with van der Waals surface area (Å²) >= 11 is 0. The van der Waals surface area contributed by atoms with Crippen molar-refractivity contribution >= 4 is 49.6 Å². The van der Waals surface area contributed by atoms with Gasteiger partial charge in [-0.05, 0) is 81.5 Å². The molecule has 0 bridgehead atoms. The van der Waals surface area contributed by atoms with Gasteiger partial charge in [-0.1, -0.05) is 170 Å². The fourth-order valence-corrected chi connectivity index (χ4v) is 7.89. The first-order chi connectivity index (χ1) is 28.5. The Balaban J connectivity index is 1.30. The van der Waals surface area contributed by atoms with Crippen LogP contribution in [0.5, 0.6) is 0 Å². The summed E-state index contributed by atoms with van der Waals surface area (Å²) in [6.45, 7) is 0. The monoisotopic (exact) mass is 692 g/mol. The minimum Gasteiger partial charge on any atom is -0.309 e. The van der Waals surface area contributed by atoms with E-state index in [2.05, 4.69) is 114 Å². The van der Waals surface area contributed by atoms with Gasteiger partial charge in [0, 0.05) is 33.3 Å². The zero-order chi connectivity index (χ0) is 39.3. The van der Waals surface area contributed by atoms with Crippen molar-refractivity contribution in [2.75, 3.05) is 4.90 Å². The van der Waals surface area contributed by atoms with Crippen molar-refractivity contribution in [2.24, 2.45) is 0 Å². The summed E-state index contributed by atoms with van der Waals surface area (Å²) in [7, 11) is 0. The van der Waals surface area contributed by atoms with Gasteiger partial charge in [-0.25, -0.2) is 0 Å². The van der Waals surface area contributed by atoms with Crippen molar-refractivity contribution in [2.45, 2.75) is 0 Å². The van der Waals surface area contributed by atoms with Gasteiger partial charge in [0.1, 0.15) is 0 Å². The quantitative estimate of drug-likeness (QED) is 0.161. The lowest BCUT2D eigenvalue weighted by atomic mass is 9.94. The third kappa shape index (κ3) is 5.36. The van der Waals surface area contributed by atoms with E-state index in [-0.39, 0.29) is 35.4 Å². The highest BCUT2D eigenvalue weighted by Crippen LogP contribution is 2.48. The number of para-hydroxylation sites is 4. The first-order valence-electron chi connectivity index (χ1n) is 20.2. The molecule has 0 atom stereocenters. The van der Waals surface area contributed by atoms with E-state index in [0.717, 1.165) is 71.9 Å². The molecule has 0 unspecified atom stereocenters. The Morgan fingerprint density at radius 1 is 0.370 bits per heavy atom. The molecule has 1 heterocycles. The van der Waals surface area contributed by atoms with Gasteiger partial charge < -0.3 is 9.47 Å². The first kappa shape index (κ1) is 27.5. The summed E-state index contributed by atoms with van der Waals surface area (Å²) in [6.07, 6.45) is 0. The number of nitrogens with zero attached hydrogens (tertiary/aromatic N) is 2. The fraction of sp³-hybridized carbons (Fsp3) is 0. The van der Waals surface area contributed by atoms with Crippen molar-refractivity contribution < 1.29 is 5.48 Å². The maximum absolute atomic E-state index is 9.74. The second kappa shape index (κ2) is 13.4. The highest BCUT2D eigenvalue weighted by molar-refractivity contribution is 6.17. The summed E-state index contributed by atoms with van der Waals surface area (Å²) in [6, 6.07) is 64.9. The molecule has 0 saturated carbocycles. The molecule has 10 aromatic rings. The molecule has 0 aliphatic rings. The Kier molecular flexibility index (Phi) is 6.84. The standard InChI is InChI=1S/C52H36N2/c1-3-17-37(18-4-1)38-33-35-41(36-34-38)53(48-29-12-9-24-44(48)43-27-15-20-39-19-7-8-23-42(39)43)49-30-13-10-25-45(49)46-28-16-32-51-52(46)47-26-11-14-31-50(47)54(51)40-21-5-2-6-22-40/h1-36H/i33D,34D,35D,36D. The highest BCUT2D eigenvalue weighted by Gasteiger charge is 2.23. The van der Waals surface area contributed by atoms with E-state index < -0.39 is 0 Å². The average molecular weight is 693 g/mol. The van der Waals surface area contributed by atoms with E-state index in [4.69, 9.17) is 0 Å². The third-order valence-electron chi connectivity index (χ3n) is 10.3. The number of aromatic nitrogens is 1. The van der Waals surface area contributed by atoms with Gasteiger partial charge in [0.25, 0.3) is 0 Å². The molecule has 2 nitrogen and oxygen atoms in total. The third-order valence-corrected chi connectivity index (χ3v) is 10.3. The minimum atomic E-state index is -0.124. The smallest absolute Gasteiger partial charge is 0.0645 e. The Morgan fingerprint density at radius 3 is 1.65 bits per heavy atom. The molecule has 0 spiro atoms. The second-order valence-corrected chi connectivity index (χ2v) is 13.4. The van der Waals surface area contributed by atoms with Crippen LogP contribution in [-0.2, 0) is 0 Å². The lowest BCUT2D eigenvalue weighted by Gasteiger charge is -2.30. The molecule has 2 heteroatoms. The van der Waals surface area contributed by atoms with Crippen LogP contribution in [0.3, 0.4) is 0 Å². The molecule has 9 aromatic carbocycles. The number of rotatable bonds is 7. The molecule has 254 valence electrons. The normalized spacial score (nSPS) is 12.4. The van der Waals surface area contributed by atoms with E-state index in [1.165, 1.54) is 0 Å². The Labute approximate surface area is 321 Å². The van der Waals surface area contributed by atoms with E-state index in [0.29, 0.717) is 5.56 Å². The van der Waals surface area contributed by atoms with E-state index >= 15 is 0 Å². The maximum Gasteiger partial charge on any atom is 0.0645 e. The lowest BCUT2D eigenvalue weighted by Crippen LogP contribution is -2.12. The van der Waals surface area contributed by atoms with Gasteiger partial charge in [-0.2, -0.15) is 0 Å². The van der Waals surface area contributed by atoms with Crippen molar-refractivity contribution in [1.82, 2.24) is 4.57 Å². The average Bonchev–Trinajstić information content (AvgIpc) is 3.62. The van der Waals surface area contributed by atoms with Gasteiger partial charge in [0.15, 0.2) is 0 Å². The van der Waals surface area contributed by atoms with Crippen molar-refractivity contribution in [3.63, 3.8) is 0 Å². The predicted octanol–water partition coefficient (Wildman–Crippen LogP) is 14.4. The molecule has 0 saturated heterocycles. The summed E-state index contributed by atoms with van der Waals surface area (Å²) < 4.78 is 40.6. The number of benzene rings is 9. The summed E-state index contributed by atoms with van der Waals surface area (Å²) in [5, 5.41) is 4.35. The molecule has 1 aromatic heterocycles. The molecular weight excluding hydrogens is 653 g/mol.